The van der Waals surface area contributed by atoms with Crippen molar-refractivity contribution in [2.75, 3.05) is 9.80 Å². The number of nitrogens with zero attached hydrogens (tertiary/aromatic N) is 2. The largest absolute Gasteiger partial charge is 0.455 e. The summed E-state index contributed by atoms with van der Waals surface area (Å²) in [7, 11) is 0. The molecule has 0 amide bonds. The van der Waals surface area contributed by atoms with Crippen LogP contribution in [0.1, 0.15) is 25.0 Å². The molecule has 0 aliphatic carbocycles. The minimum absolute atomic E-state index is 0.148. The quantitative estimate of drug-likeness (QED) is 0.161. The number of rotatable bonds is 7. The van der Waals surface area contributed by atoms with Crippen molar-refractivity contribution >= 4 is 56.1 Å². The molecule has 1 aliphatic rings. The molecular formula is C57H42N2O. The van der Waals surface area contributed by atoms with E-state index in [0.717, 1.165) is 55.8 Å². The van der Waals surface area contributed by atoms with E-state index in [1.807, 2.05) is 6.07 Å². The third-order valence-electron chi connectivity index (χ3n) is 12.3. The first-order chi connectivity index (χ1) is 29.5. The van der Waals surface area contributed by atoms with Crippen LogP contribution in [0.3, 0.4) is 0 Å². The molecular weight excluding hydrogens is 729 g/mol. The van der Waals surface area contributed by atoms with Crippen LogP contribution in [0.5, 0.6) is 0 Å². The molecule has 0 saturated heterocycles. The van der Waals surface area contributed by atoms with Crippen LogP contribution in [-0.2, 0) is 5.41 Å². The molecule has 0 bridgehead atoms. The Bertz CT molecular complexity index is 3010. The van der Waals surface area contributed by atoms with Gasteiger partial charge in [-0.05, 0) is 106 Å². The fraction of sp³-hybridized carbons (Fsp3) is 0.0526. The van der Waals surface area contributed by atoms with Gasteiger partial charge < -0.3 is 14.2 Å². The monoisotopic (exact) mass is 770 g/mol. The number of fused-ring (bicyclic) bond motifs is 5. The summed E-state index contributed by atoms with van der Waals surface area (Å²) < 4.78 is 6.74. The normalized spacial score (nSPS) is 12.9. The van der Waals surface area contributed by atoms with Crippen molar-refractivity contribution in [1.82, 2.24) is 0 Å². The van der Waals surface area contributed by atoms with Crippen LogP contribution in [0.4, 0.5) is 34.1 Å². The Morgan fingerprint density at radius 2 is 0.833 bits per heavy atom. The molecule has 0 spiro atoms. The lowest BCUT2D eigenvalue weighted by Crippen LogP contribution is -2.30. The van der Waals surface area contributed by atoms with E-state index >= 15 is 0 Å². The van der Waals surface area contributed by atoms with Crippen LogP contribution in [0.15, 0.2) is 223 Å². The van der Waals surface area contributed by atoms with Crippen LogP contribution in [-0.4, -0.2) is 0 Å². The lowest BCUT2D eigenvalue weighted by atomic mass is 9.73. The average molecular weight is 771 g/mol. The Morgan fingerprint density at radius 3 is 1.37 bits per heavy atom. The first-order valence-electron chi connectivity index (χ1n) is 20.7. The number of para-hydroxylation sites is 3. The predicted octanol–water partition coefficient (Wildman–Crippen LogP) is 16.2. The van der Waals surface area contributed by atoms with E-state index in [1.165, 1.54) is 44.8 Å². The van der Waals surface area contributed by atoms with Crippen LogP contribution < -0.4 is 9.80 Å². The first-order valence-corrected chi connectivity index (χ1v) is 20.7. The van der Waals surface area contributed by atoms with Gasteiger partial charge in [0.1, 0.15) is 11.2 Å². The second-order valence-electron chi connectivity index (χ2n) is 16.2. The van der Waals surface area contributed by atoms with Crippen molar-refractivity contribution in [3.05, 3.63) is 230 Å². The Balaban J connectivity index is 1.05. The molecule has 3 heteroatoms. The van der Waals surface area contributed by atoms with Crippen molar-refractivity contribution in [1.29, 1.82) is 0 Å². The number of hydrogen-bond donors (Lipinski definition) is 0. The van der Waals surface area contributed by atoms with Gasteiger partial charge in [-0.1, -0.05) is 166 Å². The van der Waals surface area contributed by atoms with Crippen LogP contribution in [0.25, 0.3) is 55.3 Å². The van der Waals surface area contributed by atoms with Crippen LogP contribution in [0, 0.1) is 0 Å². The summed E-state index contributed by atoms with van der Waals surface area (Å²) in [5.41, 5.74) is 17.9. The topological polar surface area (TPSA) is 19.6 Å². The number of furan rings is 1. The average Bonchev–Trinajstić information content (AvgIpc) is 3.69. The molecule has 1 aliphatic heterocycles. The fourth-order valence-electron chi connectivity index (χ4n) is 9.21. The van der Waals surface area contributed by atoms with Crippen molar-refractivity contribution in [2.45, 2.75) is 19.3 Å². The minimum Gasteiger partial charge on any atom is -0.455 e. The molecule has 1 aromatic heterocycles. The molecule has 0 fully saturated rings. The lowest BCUT2D eigenvalue weighted by Gasteiger charge is -2.42. The van der Waals surface area contributed by atoms with Crippen molar-refractivity contribution in [3.63, 3.8) is 0 Å². The van der Waals surface area contributed by atoms with Crippen LogP contribution in [0.2, 0.25) is 0 Å². The maximum Gasteiger partial charge on any atom is 0.143 e. The molecule has 286 valence electrons. The Kier molecular flexibility index (Phi) is 8.49. The van der Waals surface area contributed by atoms with Crippen molar-refractivity contribution < 1.29 is 4.42 Å². The van der Waals surface area contributed by atoms with E-state index in [-0.39, 0.29) is 5.41 Å². The van der Waals surface area contributed by atoms with E-state index in [2.05, 4.69) is 236 Å². The SMILES string of the molecule is CC1(C)c2ccccc2N(c2cc(-c3ccc(N(c4ccc(-c5ccccc5)cc4)c4ccc(-c5ccccc5)cc4)cc3)c3oc4ccccc4c3c2)c2ccccc21. The van der Waals surface area contributed by atoms with Crippen LogP contribution >= 0.6 is 0 Å². The highest BCUT2D eigenvalue weighted by molar-refractivity contribution is 6.12. The molecule has 11 rings (SSSR count). The zero-order chi connectivity index (χ0) is 40.2. The molecule has 2 heterocycles. The molecule has 60 heavy (non-hydrogen) atoms. The second kappa shape index (κ2) is 14.3. The smallest absolute Gasteiger partial charge is 0.143 e. The van der Waals surface area contributed by atoms with Gasteiger partial charge in [-0.25, -0.2) is 0 Å². The molecule has 9 aromatic carbocycles. The maximum atomic E-state index is 6.74. The van der Waals surface area contributed by atoms with Gasteiger partial charge in [0.25, 0.3) is 0 Å². The first kappa shape index (κ1) is 35.5. The number of hydrogen-bond acceptors (Lipinski definition) is 3. The van der Waals surface area contributed by atoms with Crippen molar-refractivity contribution in [2.24, 2.45) is 0 Å². The summed E-state index contributed by atoms with van der Waals surface area (Å²) >= 11 is 0. The summed E-state index contributed by atoms with van der Waals surface area (Å²) in [6.45, 7) is 4.67. The van der Waals surface area contributed by atoms with E-state index in [9.17, 15) is 0 Å². The Morgan fingerprint density at radius 1 is 0.400 bits per heavy atom. The van der Waals surface area contributed by atoms with Gasteiger partial charge >= 0.3 is 0 Å². The summed E-state index contributed by atoms with van der Waals surface area (Å²) in [4.78, 5) is 4.78. The van der Waals surface area contributed by atoms with Gasteiger partial charge in [0.05, 0.1) is 11.4 Å². The molecule has 3 nitrogen and oxygen atoms in total. The van der Waals surface area contributed by atoms with E-state index in [1.54, 1.807) is 0 Å². The van der Waals surface area contributed by atoms with Gasteiger partial charge in [0.2, 0.25) is 0 Å². The third kappa shape index (κ3) is 5.98. The fourth-order valence-corrected chi connectivity index (χ4v) is 9.21. The standard InChI is InChI=1S/C57H42N2O/c1-57(2)51-20-10-12-22-53(51)59(54-23-13-11-21-52(54)57)47-37-49(56-50(38-47)48-19-9-14-24-55(48)60-56)43-29-35-46(36-30-43)58(44-31-25-41(26-32-44)39-15-5-3-6-16-39)45-33-27-42(28-34-45)40-17-7-4-8-18-40/h3-38H,1-2H3. The number of benzene rings is 9. The van der Waals surface area contributed by atoms with Crippen molar-refractivity contribution in [3.8, 4) is 33.4 Å². The summed E-state index contributed by atoms with van der Waals surface area (Å²) in [6, 6.07) is 78.5. The summed E-state index contributed by atoms with van der Waals surface area (Å²) in [6.07, 6.45) is 0. The summed E-state index contributed by atoms with van der Waals surface area (Å²) in [5, 5.41) is 2.20. The zero-order valence-corrected chi connectivity index (χ0v) is 33.6. The molecule has 0 saturated carbocycles. The van der Waals surface area contributed by atoms with Gasteiger partial charge in [0, 0.05) is 44.5 Å². The highest BCUT2D eigenvalue weighted by Crippen LogP contribution is 2.53. The minimum atomic E-state index is -0.148. The zero-order valence-electron chi connectivity index (χ0n) is 33.6. The predicted molar refractivity (Wildman–Crippen MR) is 252 cm³/mol. The molecule has 10 aromatic rings. The lowest BCUT2D eigenvalue weighted by molar-refractivity contribution is 0.632. The number of anilines is 6. The molecule has 0 unspecified atom stereocenters. The highest BCUT2D eigenvalue weighted by Gasteiger charge is 2.37. The molecule has 0 atom stereocenters. The van der Waals surface area contributed by atoms with E-state index < -0.39 is 0 Å². The summed E-state index contributed by atoms with van der Waals surface area (Å²) in [5.74, 6) is 0. The maximum absolute atomic E-state index is 6.74. The molecule has 0 N–H and O–H groups in total. The Labute approximate surface area is 351 Å². The van der Waals surface area contributed by atoms with Gasteiger partial charge in [0.15, 0.2) is 0 Å². The van der Waals surface area contributed by atoms with E-state index in [0.29, 0.717) is 0 Å². The van der Waals surface area contributed by atoms with E-state index in [4.69, 9.17) is 4.42 Å². The third-order valence-corrected chi connectivity index (χ3v) is 12.3. The van der Waals surface area contributed by atoms with Gasteiger partial charge in [-0.2, -0.15) is 0 Å². The van der Waals surface area contributed by atoms with Gasteiger partial charge in [-0.15, -0.1) is 0 Å². The Hall–Kier alpha value is -7.62. The molecule has 0 radical (unpaired) electrons. The second-order valence-corrected chi connectivity index (χ2v) is 16.2. The van der Waals surface area contributed by atoms with Gasteiger partial charge in [-0.3, -0.25) is 0 Å². The highest BCUT2D eigenvalue weighted by atomic mass is 16.3.